The number of aryl methyl sites for hydroxylation is 1. The first kappa shape index (κ1) is 20.6. The van der Waals surface area contributed by atoms with Crippen LogP contribution in [0.15, 0.2) is 47.4 Å². The minimum absolute atomic E-state index is 0.00640. The fourth-order valence-electron chi connectivity index (χ4n) is 2.08. The van der Waals surface area contributed by atoms with Gasteiger partial charge in [0.1, 0.15) is 5.75 Å². The van der Waals surface area contributed by atoms with Crippen LogP contribution in [0.1, 0.15) is 11.1 Å². The third-order valence-electron chi connectivity index (χ3n) is 3.48. The quantitative estimate of drug-likeness (QED) is 0.564. The molecule has 0 aliphatic carbocycles. The average Bonchev–Trinajstić information content (AvgIpc) is 2.58. The molecule has 11 heteroatoms. The van der Waals surface area contributed by atoms with Crippen molar-refractivity contribution in [1.29, 1.82) is 0 Å². The highest BCUT2D eigenvalue weighted by Crippen LogP contribution is 2.22. The van der Waals surface area contributed by atoms with E-state index in [-0.39, 0.29) is 22.9 Å². The molecule has 7 nitrogen and oxygen atoms in total. The van der Waals surface area contributed by atoms with E-state index in [4.69, 9.17) is 0 Å². The summed E-state index contributed by atoms with van der Waals surface area (Å²) in [5, 5.41) is 10.9. The molecule has 0 unspecified atom stereocenters. The van der Waals surface area contributed by atoms with Crippen molar-refractivity contribution in [2.24, 2.45) is 0 Å². The first-order chi connectivity index (χ1) is 12.5. The van der Waals surface area contributed by atoms with Crippen molar-refractivity contribution in [1.82, 2.24) is 4.72 Å². The Bertz CT molecular complexity index is 928. The lowest BCUT2D eigenvalue weighted by Crippen LogP contribution is -2.23. The molecule has 0 radical (unpaired) electrons. The third kappa shape index (κ3) is 5.93. The summed E-state index contributed by atoms with van der Waals surface area (Å²) in [6.45, 7) is -0.0842. The number of benzene rings is 2. The van der Waals surface area contributed by atoms with Crippen molar-refractivity contribution in [3.05, 3.63) is 63.7 Å². The van der Waals surface area contributed by atoms with Gasteiger partial charge in [-0.1, -0.05) is 18.2 Å². The lowest BCUT2D eigenvalue weighted by Gasteiger charge is -2.10. The molecule has 146 valence electrons. The van der Waals surface area contributed by atoms with Crippen LogP contribution in [0, 0.1) is 17.0 Å². The summed E-state index contributed by atoms with van der Waals surface area (Å²) in [6.07, 6.45) is -4.45. The second-order valence-electron chi connectivity index (χ2n) is 5.58. The fourth-order valence-corrected chi connectivity index (χ4v) is 3.12. The van der Waals surface area contributed by atoms with Gasteiger partial charge in [-0.25, -0.2) is 13.1 Å². The lowest BCUT2D eigenvalue weighted by molar-refractivity contribution is -0.385. The molecule has 0 saturated heterocycles. The zero-order valence-electron chi connectivity index (χ0n) is 14.0. The number of rotatable bonds is 7. The van der Waals surface area contributed by atoms with Gasteiger partial charge in [0.15, 0.2) is 6.61 Å². The molecule has 2 aromatic rings. The standard InChI is InChI=1S/C16H15F3N2O5S/c1-11-2-7-14(8-15(11)21(22)23)27(24,25)20-9-12-3-5-13(6-4-12)26-10-16(17,18)19/h2-8,20H,9-10H2,1H3. The number of ether oxygens (including phenoxy) is 1. The van der Waals surface area contributed by atoms with Crippen molar-refractivity contribution < 1.29 is 31.2 Å². The molecule has 0 aromatic heterocycles. The van der Waals surface area contributed by atoms with Gasteiger partial charge in [0.25, 0.3) is 5.69 Å². The Hall–Kier alpha value is -2.66. The van der Waals surface area contributed by atoms with E-state index in [1.807, 2.05) is 0 Å². The van der Waals surface area contributed by atoms with E-state index in [2.05, 4.69) is 9.46 Å². The summed E-state index contributed by atoms with van der Waals surface area (Å²) >= 11 is 0. The number of hydrogen-bond acceptors (Lipinski definition) is 5. The molecule has 0 amide bonds. The number of hydrogen-bond donors (Lipinski definition) is 1. The van der Waals surface area contributed by atoms with Crippen molar-refractivity contribution in [3.63, 3.8) is 0 Å². The molecule has 0 aliphatic rings. The Morgan fingerprint density at radius 3 is 2.33 bits per heavy atom. The zero-order valence-corrected chi connectivity index (χ0v) is 14.8. The largest absolute Gasteiger partial charge is 0.484 e. The lowest BCUT2D eigenvalue weighted by atomic mass is 10.2. The van der Waals surface area contributed by atoms with Crippen LogP contribution in [0.25, 0.3) is 0 Å². The van der Waals surface area contributed by atoms with E-state index < -0.39 is 27.7 Å². The van der Waals surface area contributed by atoms with Crippen molar-refractivity contribution >= 4 is 15.7 Å². The minimum Gasteiger partial charge on any atom is -0.484 e. The van der Waals surface area contributed by atoms with E-state index in [0.717, 1.165) is 6.07 Å². The number of nitro benzene ring substituents is 1. The van der Waals surface area contributed by atoms with Crippen LogP contribution in [0.4, 0.5) is 18.9 Å². The molecule has 0 aliphatic heterocycles. The van der Waals surface area contributed by atoms with E-state index in [9.17, 15) is 31.7 Å². The number of nitrogens with zero attached hydrogens (tertiary/aromatic N) is 1. The molecule has 0 bridgehead atoms. The van der Waals surface area contributed by atoms with Gasteiger partial charge in [-0.2, -0.15) is 13.2 Å². The van der Waals surface area contributed by atoms with Crippen molar-refractivity contribution in [2.75, 3.05) is 6.61 Å². The van der Waals surface area contributed by atoms with Gasteiger partial charge in [0.2, 0.25) is 10.0 Å². The summed E-state index contributed by atoms with van der Waals surface area (Å²) < 4.78 is 67.7. The molecular weight excluding hydrogens is 389 g/mol. The van der Waals surface area contributed by atoms with Gasteiger partial charge in [0.05, 0.1) is 9.82 Å². The molecule has 0 spiro atoms. The van der Waals surface area contributed by atoms with Crippen LogP contribution in [0.3, 0.4) is 0 Å². The summed E-state index contributed by atoms with van der Waals surface area (Å²) in [5.74, 6) is -0.00640. The second kappa shape index (κ2) is 7.92. The maximum atomic E-state index is 12.3. The SMILES string of the molecule is Cc1ccc(S(=O)(=O)NCc2ccc(OCC(F)(F)F)cc2)cc1[N+](=O)[O-]. The third-order valence-corrected chi connectivity index (χ3v) is 4.88. The molecule has 2 rings (SSSR count). The Morgan fingerprint density at radius 1 is 1.15 bits per heavy atom. The van der Waals surface area contributed by atoms with Crippen molar-refractivity contribution in [3.8, 4) is 5.75 Å². The van der Waals surface area contributed by atoms with Gasteiger partial charge in [-0.3, -0.25) is 10.1 Å². The molecule has 27 heavy (non-hydrogen) atoms. The maximum Gasteiger partial charge on any atom is 0.422 e. The van der Waals surface area contributed by atoms with Crippen LogP contribution in [-0.4, -0.2) is 26.1 Å². The Kier molecular flexibility index (Phi) is 6.06. The molecule has 0 saturated carbocycles. The molecule has 0 heterocycles. The van der Waals surface area contributed by atoms with E-state index in [0.29, 0.717) is 11.1 Å². The Balaban J connectivity index is 2.05. The molecule has 1 N–H and O–H groups in total. The van der Waals surface area contributed by atoms with Crippen LogP contribution < -0.4 is 9.46 Å². The Labute approximate surface area is 153 Å². The molecular formula is C16H15F3N2O5S. The highest BCUT2D eigenvalue weighted by molar-refractivity contribution is 7.89. The van der Waals surface area contributed by atoms with Gasteiger partial charge in [-0.05, 0) is 30.7 Å². The minimum atomic E-state index is -4.45. The van der Waals surface area contributed by atoms with E-state index >= 15 is 0 Å². The van der Waals surface area contributed by atoms with Crippen molar-refractivity contribution in [2.45, 2.75) is 24.5 Å². The van der Waals surface area contributed by atoms with E-state index in [1.54, 1.807) is 0 Å². The average molecular weight is 404 g/mol. The number of alkyl halides is 3. The summed E-state index contributed by atoms with van der Waals surface area (Å²) in [7, 11) is -4.01. The second-order valence-corrected chi connectivity index (χ2v) is 7.34. The molecule has 0 atom stereocenters. The summed E-state index contributed by atoms with van der Waals surface area (Å²) in [6, 6.07) is 8.93. The van der Waals surface area contributed by atoms with Crippen LogP contribution in [0.2, 0.25) is 0 Å². The first-order valence-electron chi connectivity index (χ1n) is 7.51. The summed E-state index contributed by atoms with van der Waals surface area (Å²) in [4.78, 5) is 10.0. The number of halogens is 3. The predicted octanol–water partition coefficient (Wildman–Crippen LogP) is 3.32. The Morgan fingerprint density at radius 2 is 1.78 bits per heavy atom. The van der Waals surface area contributed by atoms with Crippen LogP contribution in [0.5, 0.6) is 5.75 Å². The molecule has 2 aromatic carbocycles. The highest BCUT2D eigenvalue weighted by atomic mass is 32.2. The predicted molar refractivity (Wildman–Crippen MR) is 89.9 cm³/mol. The van der Waals surface area contributed by atoms with Gasteiger partial charge < -0.3 is 4.74 Å². The highest BCUT2D eigenvalue weighted by Gasteiger charge is 2.28. The summed E-state index contributed by atoms with van der Waals surface area (Å²) in [5.41, 5.74) is 0.483. The maximum absolute atomic E-state index is 12.3. The molecule has 0 fully saturated rings. The van der Waals surface area contributed by atoms with Gasteiger partial charge in [0, 0.05) is 18.2 Å². The normalized spacial score (nSPS) is 12.0. The first-order valence-corrected chi connectivity index (χ1v) is 8.99. The number of nitrogens with one attached hydrogen (secondary N) is 1. The van der Waals surface area contributed by atoms with Gasteiger partial charge in [-0.15, -0.1) is 0 Å². The van der Waals surface area contributed by atoms with Gasteiger partial charge >= 0.3 is 6.18 Å². The van der Waals surface area contributed by atoms with E-state index in [1.165, 1.54) is 43.3 Å². The fraction of sp³-hybridized carbons (Fsp3) is 0.250. The monoisotopic (exact) mass is 404 g/mol. The number of sulfonamides is 1. The topological polar surface area (TPSA) is 98.5 Å². The zero-order chi connectivity index (χ0) is 20.2. The van der Waals surface area contributed by atoms with Crippen LogP contribution >= 0.6 is 0 Å². The smallest absolute Gasteiger partial charge is 0.422 e. The van der Waals surface area contributed by atoms with Crippen LogP contribution in [-0.2, 0) is 16.6 Å². The number of nitro groups is 1.